The van der Waals surface area contributed by atoms with Crippen molar-refractivity contribution in [2.24, 2.45) is 17.3 Å². The third kappa shape index (κ3) is 2.71. The Morgan fingerprint density at radius 2 is 2.12 bits per heavy atom. The molecule has 4 rings (SSSR count). The van der Waals surface area contributed by atoms with Gasteiger partial charge < -0.3 is 4.74 Å². The van der Waals surface area contributed by atoms with Crippen LogP contribution in [0.2, 0.25) is 0 Å². The topological polar surface area (TPSA) is 26.3 Å². The Bertz CT molecular complexity index is 641. The molecule has 1 aromatic carbocycles. The van der Waals surface area contributed by atoms with Gasteiger partial charge in [0, 0.05) is 16.3 Å². The van der Waals surface area contributed by atoms with Gasteiger partial charge in [-0.3, -0.25) is 4.79 Å². The van der Waals surface area contributed by atoms with E-state index >= 15 is 0 Å². The Balaban J connectivity index is 1.56. The molecular weight excluding hydrogens is 411 g/mol. The minimum atomic E-state index is -0.0127. The molecule has 2 saturated carbocycles. The molecule has 0 N–H and O–H groups in total. The number of carbonyl (C=O) groups excluding carboxylic acids is 1. The fraction of sp³-hybridized carbons (Fsp3) is 0.667. The molecule has 3 aliphatic rings. The van der Waals surface area contributed by atoms with Gasteiger partial charge in [0.15, 0.2) is 0 Å². The maximum absolute atomic E-state index is 12.4. The zero-order chi connectivity index (χ0) is 16.7. The van der Waals surface area contributed by atoms with E-state index < -0.39 is 0 Å². The molecule has 4 atom stereocenters. The molecule has 1 aromatic rings. The number of fused-ring (bicyclic) bond motifs is 5. The van der Waals surface area contributed by atoms with E-state index in [1.165, 1.54) is 18.4 Å². The normalized spacial score (nSPS) is 34.4. The minimum absolute atomic E-state index is 0.0127. The van der Waals surface area contributed by atoms with Crippen LogP contribution in [0.25, 0.3) is 0 Å². The van der Waals surface area contributed by atoms with Crippen molar-refractivity contribution < 1.29 is 9.53 Å². The van der Waals surface area contributed by atoms with E-state index in [1.54, 1.807) is 5.56 Å². The van der Waals surface area contributed by atoms with E-state index in [4.69, 9.17) is 4.74 Å². The average molecular weight is 438 g/mol. The van der Waals surface area contributed by atoms with Gasteiger partial charge in [0.1, 0.15) is 11.5 Å². The first kappa shape index (κ1) is 16.9. The molecule has 0 bridgehead atoms. The highest BCUT2D eigenvalue weighted by atomic mass is 127. The Hall–Kier alpha value is -0.580. The van der Waals surface area contributed by atoms with Gasteiger partial charge in [0.05, 0.1) is 6.61 Å². The maximum atomic E-state index is 12.4. The lowest BCUT2D eigenvalue weighted by Crippen LogP contribution is -2.42. The van der Waals surface area contributed by atoms with Crippen LogP contribution in [-0.2, 0) is 11.2 Å². The molecule has 130 valence electrons. The predicted octanol–water partition coefficient (Wildman–Crippen LogP) is 5.32. The highest BCUT2D eigenvalue weighted by Gasteiger charge is 2.54. The molecule has 24 heavy (non-hydrogen) atoms. The quantitative estimate of drug-likeness (QED) is 0.362. The van der Waals surface area contributed by atoms with E-state index in [2.05, 4.69) is 47.7 Å². The van der Waals surface area contributed by atoms with Crippen LogP contribution in [0.4, 0.5) is 0 Å². The van der Waals surface area contributed by atoms with Crippen LogP contribution >= 0.6 is 22.6 Å². The number of Topliss-reactive ketones (excluding diaryl/α,β-unsaturated/α-hetero) is 1. The van der Waals surface area contributed by atoms with Crippen molar-refractivity contribution in [1.29, 1.82) is 0 Å². The molecule has 2 nitrogen and oxygen atoms in total. The fourth-order valence-electron chi connectivity index (χ4n) is 5.66. The van der Waals surface area contributed by atoms with Gasteiger partial charge in [0.2, 0.25) is 0 Å². The number of hydrogen-bond donors (Lipinski definition) is 0. The molecule has 0 spiro atoms. The van der Waals surface area contributed by atoms with Crippen LogP contribution in [0.1, 0.15) is 62.5 Å². The first-order valence-corrected chi connectivity index (χ1v) is 11.0. The number of ketones is 1. The molecule has 0 radical (unpaired) electrons. The smallest absolute Gasteiger partial charge is 0.139 e. The number of ether oxygens (including phenoxy) is 1. The summed E-state index contributed by atoms with van der Waals surface area (Å²) in [6, 6.07) is 6.78. The number of aryl methyl sites for hydroxylation is 1. The second kappa shape index (κ2) is 6.62. The second-order valence-corrected chi connectivity index (χ2v) is 9.16. The summed E-state index contributed by atoms with van der Waals surface area (Å²) in [5.41, 5.74) is 3.03. The largest absolute Gasteiger partial charge is 0.494 e. The monoisotopic (exact) mass is 438 g/mol. The van der Waals surface area contributed by atoms with Crippen molar-refractivity contribution in [3.8, 4) is 5.75 Å². The molecule has 3 aliphatic carbocycles. The molecule has 0 heterocycles. The highest BCUT2D eigenvalue weighted by Crippen LogP contribution is 2.59. The van der Waals surface area contributed by atoms with Crippen LogP contribution in [0.15, 0.2) is 18.2 Å². The van der Waals surface area contributed by atoms with Crippen molar-refractivity contribution in [3.63, 3.8) is 0 Å². The predicted molar refractivity (Wildman–Crippen MR) is 105 cm³/mol. The van der Waals surface area contributed by atoms with Gasteiger partial charge in [-0.2, -0.15) is 0 Å². The Labute approximate surface area is 158 Å². The Morgan fingerprint density at radius 3 is 2.96 bits per heavy atom. The van der Waals surface area contributed by atoms with E-state index in [0.29, 0.717) is 23.5 Å². The first-order valence-electron chi connectivity index (χ1n) is 9.48. The lowest BCUT2D eigenvalue weighted by Gasteiger charge is -2.48. The van der Waals surface area contributed by atoms with E-state index in [9.17, 15) is 4.79 Å². The average Bonchev–Trinajstić information content (AvgIpc) is 2.90. The van der Waals surface area contributed by atoms with Crippen LogP contribution in [0, 0.1) is 17.3 Å². The van der Waals surface area contributed by atoms with Gasteiger partial charge in [0.25, 0.3) is 0 Å². The SMILES string of the molecule is C[C@]12CC[C@@H]3c4ccc(OCCCI)cc4CC[C@H]3[C@@H]1CCC2=O. The lowest BCUT2D eigenvalue weighted by molar-refractivity contribution is -0.129. The lowest BCUT2D eigenvalue weighted by atomic mass is 9.55. The van der Waals surface area contributed by atoms with Crippen molar-refractivity contribution in [2.45, 2.75) is 57.8 Å². The summed E-state index contributed by atoms with van der Waals surface area (Å²) in [4.78, 5) is 12.4. The van der Waals surface area contributed by atoms with Crippen LogP contribution in [-0.4, -0.2) is 16.8 Å². The number of hydrogen-bond acceptors (Lipinski definition) is 2. The number of rotatable bonds is 4. The van der Waals surface area contributed by atoms with Crippen molar-refractivity contribution in [3.05, 3.63) is 29.3 Å². The van der Waals surface area contributed by atoms with Crippen LogP contribution in [0.5, 0.6) is 5.75 Å². The van der Waals surface area contributed by atoms with Gasteiger partial charge >= 0.3 is 0 Å². The summed E-state index contributed by atoms with van der Waals surface area (Å²) in [6.07, 6.45) is 7.74. The second-order valence-electron chi connectivity index (χ2n) is 8.09. The van der Waals surface area contributed by atoms with Crippen LogP contribution < -0.4 is 4.74 Å². The maximum Gasteiger partial charge on any atom is 0.139 e. The molecule has 0 aromatic heterocycles. The Kier molecular flexibility index (Phi) is 4.65. The van der Waals surface area contributed by atoms with E-state index in [0.717, 1.165) is 48.9 Å². The fourth-order valence-corrected chi connectivity index (χ4v) is 5.98. The molecular formula is C21H27IO2. The summed E-state index contributed by atoms with van der Waals surface area (Å²) in [5.74, 6) is 3.58. The molecule has 0 aliphatic heterocycles. The summed E-state index contributed by atoms with van der Waals surface area (Å²) >= 11 is 2.40. The summed E-state index contributed by atoms with van der Waals surface area (Å²) in [6.45, 7) is 3.07. The van der Waals surface area contributed by atoms with Gasteiger partial charge in [-0.1, -0.05) is 35.6 Å². The Morgan fingerprint density at radius 1 is 1.25 bits per heavy atom. The number of carbonyl (C=O) groups is 1. The van der Waals surface area contributed by atoms with Crippen LogP contribution in [0.3, 0.4) is 0 Å². The summed E-state index contributed by atoms with van der Waals surface area (Å²) in [7, 11) is 0. The van der Waals surface area contributed by atoms with Gasteiger partial charge in [-0.05, 0) is 79.5 Å². The van der Waals surface area contributed by atoms with Crippen molar-refractivity contribution in [1.82, 2.24) is 0 Å². The third-order valence-corrected chi connectivity index (χ3v) is 7.72. The molecule has 0 unspecified atom stereocenters. The molecule has 3 heteroatoms. The number of benzene rings is 1. The molecule has 0 saturated heterocycles. The molecule has 0 amide bonds. The van der Waals surface area contributed by atoms with Gasteiger partial charge in [-0.25, -0.2) is 0 Å². The van der Waals surface area contributed by atoms with Gasteiger partial charge in [-0.15, -0.1) is 0 Å². The van der Waals surface area contributed by atoms with Crippen molar-refractivity contribution >= 4 is 28.4 Å². The van der Waals surface area contributed by atoms with E-state index in [-0.39, 0.29) is 5.41 Å². The highest BCUT2D eigenvalue weighted by molar-refractivity contribution is 14.1. The summed E-state index contributed by atoms with van der Waals surface area (Å²) in [5, 5.41) is 0. The zero-order valence-electron chi connectivity index (χ0n) is 14.5. The molecule has 2 fully saturated rings. The first-order chi connectivity index (χ1) is 11.6. The third-order valence-electron chi connectivity index (χ3n) is 6.95. The standard InChI is InChI=1S/C21H27IO2/c1-21-10-9-17-16-6-4-15(24-12-2-11-22)13-14(16)3-5-18(17)19(21)7-8-20(21)23/h4,6,13,17-19H,2-3,5,7-12H2,1H3/t17-,18-,19+,21+/m1/s1. The minimum Gasteiger partial charge on any atom is -0.494 e. The number of halogens is 1. The summed E-state index contributed by atoms with van der Waals surface area (Å²) < 4.78 is 7.04. The number of alkyl halides is 1. The zero-order valence-corrected chi connectivity index (χ0v) is 16.7. The van der Waals surface area contributed by atoms with Crippen molar-refractivity contribution in [2.75, 3.05) is 11.0 Å². The van der Waals surface area contributed by atoms with E-state index in [1.807, 2.05) is 0 Å².